The average Bonchev–Trinajstić information content (AvgIpc) is 3.33. The second-order valence-corrected chi connectivity index (χ2v) is 7.65. The Morgan fingerprint density at radius 1 is 1.23 bits per heavy atom. The van der Waals surface area contributed by atoms with E-state index in [1.54, 1.807) is 0 Å². The number of aromatic amines is 1. The molecule has 3 aromatic heterocycles. The number of hydrogen-bond acceptors (Lipinski definition) is 4. The number of aromatic nitrogens is 3. The van der Waals surface area contributed by atoms with E-state index in [0.29, 0.717) is 12.1 Å². The fourth-order valence-electron chi connectivity index (χ4n) is 4.08. The number of carbonyl (C=O) groups is 1. The number of pyridine rings is 2. The van der Waals surface area contributed by atoms with Gasteiger partial charge in [-0.2, -0.15) is 0 Å². The van der Waals surface area contributed by atoms with Crippen LogP contribution in [-0.4, -0.2) is 39.5 Å². The van der Waals surface area contributed by atoms with E-state index in [2.05, 4.69) is 44.2 Å². The predicted molar refractivity (Wildman–Crippen MR) is 102 cm³/mol. The molecule has 26 heavy (non-hydrogen) atoms. The summed E-state index contributed by atoms with van der Waals surface area (Å²) in [6, 6.07) is 4.95. The zero-order chi connectivity index (χ0) is 17.7. The van der Waals surface area contributed by atoms with Gasteiger partial charge in [0, 0.05) is 47.5 Å². The summed E-state index contributed by atoms with van der Waals surface area (Å²) >= 11 is 0. The molecule has 0 radical (unpaired) electrons. The predicted octanol–water partition coefficient (Wildman–Crippen LogP) is 2.99. The quantitative estimate of drug-likeness (QED) is 0.762. The zero-order valence-corrected chi connectivity index (χ0v) is 14.9. The molecule has 1 amide bonds. The van der Waals surface area contributed by atoms with Gasteiger partial charge in [-0.3, -0.25) is 9.78 Å². The smallest absolute Gasteiger partial charge is 0.225 e. The molecule has 1 saturated heterocycles. The molecule has 6 nitrogen and oxygen atoms in total. The van der Waals surface area contributed by atoms with Crippen molar-refractivity contribution in [2.45, 2.75) is 44.7 Å². The van der Waals surface area contributed by atoms with E-state index in [1.807, 2.05) is 18.6 Å². The molecular formula is C20H23N5O. The molecule has 134 valence electrons. The van der Waals surface area contributed by atoms with Gasteiger partial charge < -0.3 is 15.2 Å². The molecule has 2 atom stereocenters. The lowest BCUT2D eigenvalue weighted by molar-refractivity contribution is -0.125. The molecule has 1 aliphatic heterocycles. The first kappa shape index (κ1) is 15.6. The average molecular weight is 349 g/mol. The lowest BCUT2D eigenvalue weighted by Crippen LogP contribution is -2.47. The SMILES string of the molecule is C[C@H]1CC[C@H](C(=O)NC2CC2)CN1c1ccnc2cnc3[nH]ccc3c12. The van der Waals surface area contributed by atoms with Gasteiger partial charge >= 0.3 is 0 Å². The largest absolute Gasteiger partial charge is 0.367 e. The fraction of sp³-hybridized carbons (Fsp3) is 0.450. The van der Waals surface area contributed by atoms with Crippen molar-refractivity contribution < 1.29 is 4.79 Å². The van der Waals surface area contributed by atoms with Gasteiger partial charge in [0.15, 0.2) is 0 Å². The molecule has 1 aliphatic carbocycles. The number of H-pyrrole nitrogens is 1. The van der Waals surface area contributed by atoms with Crippen molar-refractivity contribution in [2.24, 2.45) is 5.92 Å². The number of fused-ring (bicyclic) bond motifs is 3. The Balaban J connectivity index is 1.54. The summed E-state index contributed by atoms with van der Waals surface area (Å²) in [6.07, 6.45) is 9.83. The standard InChI is InChI=1S/C20H23N5O/c1-12-2-3-13(20(26)24-14-4-5-14)11-25(12)17-7-9-21-16-10-23-19-15(18(16)17)6-8-22-19/h6-10,12-14H,2-5,11H2,1H3,(H,22,23)(H,24,26)/t12-,13-/m0/s1. The maximum atomic E-state index is 12.6. The van der Waals surface area contributed by atoms with Crippen molar-refractivity contribution in [2.75, 3.05) is 11.4 Å². The lowest BCUT2D eigenvalue weighted by Gasteiger charge is -2.39. The summed E-state index contributed by atoms with van der Waals surface area (Å²) < 4.78 is 0. The molecule has 0 bridgehead atoms. The van der Waals surface area contributed by atoms with Crippen molar-refractivity contribution in [1.29, 1.82) is 0 Å². The summed E-state index contributed by atoms with van der Waals surface area (Å²) in [5, 5.41) is 5.38. The third-order valence-corrected chi connectivity index (χ3v) is 5.75. The van der Waals surface area contributed by atoms with E-state index in [9.17, 15) is 4.79 Å². The molecule has 4 heterocycles. The molecule has 2 fully saturated rings. The van der Waals surface area contributed by atoms with Crippen LogP contribution in [0.2, 0.25) is 0 Å². The molecule has 5 rings (SSSR count). The van der Waals surface area contributed by atoms with Gasteiger partial charge in [-0.25, -0.2) is 4.98 Å². The summed E-state index contributed by atoms with van der Waals surface area (Å²) in [4.78, 5) is 27.1. The molecule has 1 saturated carbocycles. The molecule has 0 spiro atoms. The van der Waals surface area contributed by atoms with Crippen LogP contribution in [0.5, 0.6) is 0 Å². The van der Waals surface area contributed by atoms with Gasteiger partial charge in [0.1, 0.15) is 5.65 Å². The van der Waals surface area contributed by atoms with Crippen LogP contribution in [0.3, 0.4) is 0 Å². The second kappa shape index (κ2) is 5.97. The molecular weight excluding hydrogens is 326 g/mol. The van der Waals surface area contributed by atoms with Crippen LogP contribution < -0.4 is 10.2 Å². The van der Waals surface area contributed by atoms with E-state index < -0.39 is 0 Å². The maximum Gasteiger partial charge on any atom is 0.225 e. The van der Waals surface area contributed by atoms with E-state index in [4.69, 9.17) is 0 Å². The number of nitrogens with one attached hydrogen (secondary N) is 2. The second-order valence-electron chi connectivity index (χ2n) is 7.65. The van der Waals surface area contributed by atoms with Crippen molar-refractivity contribution in [3.05, 3.63) is 30.7 Å². The number of rotatable bonds is 3. The monoisotopic (exact) mass is 349 g/mol. The van der Waals surface area contributed by atoms with Crippen molar-refractivity contribution in [3.8, 4) is 0 Å². The van der Waals surface area contributed by atoms with Gasteiger partial charge in [-0.05, 0) is 44.7 Å². The van der Waals surface area contributed by atoms with Gasteiger partial charge in [0.05, 0.1) is 17.6 Å². The maximum absolute atomic E-state index is 12.6. The normalized spacial score (nSPS) is 23.5. The number of carbonyl (C=O) groups excluding carboxylic acids is 1. The topological polar surface area (TPSA) is 73.9 Å². The van der Waals surface area contributed by atoms with Crippen LogP contribution in [0.25, 0.3) is 21.9 Å². The lowest BCUT2D eigenvalue weighted by atomic mass is 9.91. The van der Waals surface area contributed by atoms with Gasteiger partial charge in [-0.1, -0.05) is 0 Å². The van der Waals surface area contributed by atoms with E-state index in [-0.39, 0.29) is 11.8 Å². The van der Waals surface area contributed by atoms with Gasteiger partial charge in [0.25, 0.3) is 0 Å². The fourth-order valence-corrected chi connectivity index (χ4v) is 4.08. The van der Waals surface area contributed by atoms with Crippen LogP contribution in [-0.2, 0) is 4.79 Å². The third kappa shape index (κ3) is 2.60. The number of nitrogens with zero attached hydrogens (tertiary/aromatic N) is 3. The Morgan fingerprint density at radius 3 is 2.96 bits per heavy atom. The van der Waals surface area contributed by atoms with Gasteiger partial charge in [0.2, 0.25) is 5.91 Å². The van der Waals surface area contributed by atoms with Crippen LogP contribution in [0.15, 0.2) is 30.7 Å². The number of amides is 1. The van der Waals surface area contributed by atoms with Crippen molar-refractivity contribution in [3.63, 3.8) is 0 Å². The van der Waals surface area contributed by atoms with E-state index >= 15 is 0 Å². The Hall–Kier alpha value is -2.63. The first-order valence-corrected chi connectivity index (χ1v) is 9.48. The molecule has 6 heteroatoms. The first-order valence-electron chi connectivity index (χ1n) is 9.48. The van der Waals surface area contributed by atoms with E-state index in [1.165, 1.54) is 0 Å². The Bertz CT molecular complexity index is 977. The van der Waals surface area contributed by atoms with E-state index in [0.717, 1.165) is 59.9 Å². The number of piperidine rings is 1. The minimum atomic E-state index is 0.0542. The minimum absolute atomic E-state index is 0.0542. The Labute approximate surface area is 152 Å². The van der Waals surface area contributed by atoms with Crippen LogP contribution in [0.1, 0.15) is 32.6 Å². The molecule has 2 aliphatic rings. The first-order chi connectivity index (χ1) is 12.7. The van der Waals surface area contributed by atoms with Crippen molar-refractivity contribution in [1.82, 2.24) is 20.3 Å². The summed E-state index contributed by atoms with van der Waals surface area (Å²) in [5.41, 5.74) is 2.92. The third-order valence-electron chi connectivity index (χ3n) is 5.75. The highest BCUT2D eigenvalue weighted by Crippen LogP contribution is 2.35. The Kier molecular flexibility index (Phi) is 3.58. The minimum Gasteiger partial charge on any atom is -0.367 e. The van der Waals surface area contributed by atoms with Crippen molar-refractivity contribution >= 4 is 33.5 Å². The number of hydrogen-bond donors (Lipinski definition) is 2. The summed E-state index contributed by atoms with van der Waals surface area (Å²) in [7, 11) is 0. The molecule has 3 aromatic rings. The summed E-state index contributed by atoms with van der Waals surface area (Å²) in [6.45, 7) is 3.00. The van der Waals surface area contributed by atoms with Crippen LogP contribution in [0, 0.1) is 5.92 Å². The summed E-state index contributed by atoms with van der Waals surface area (Å²) in [5.74, 6) is 0.273. The highest BCUT2D eigenvalue weighted by atomic mass is 16.2. The van der Waals surface area contributed by atoms with Crippen LogP contribution >= 0.6 is 0 Å². The number of anilines is 1. The van der Waals surface area contributed by atoms with Gasteiger partial charge in [-0.15, -0.1) is 0 Å². The Morgan fingerprint density at radius 2 is 2.12 bits per heavy atom. The molecule has 0 unspecified atom stereocenters. The van der Waals surface area contributed by atoms with Crippen LogP contribution in [0.4, 0.5) is 5.69 Å². The highest BCUT2D eigenvalue weighted by Gasteiger charge is 2.33. The molecule has 2 N–H and O–H groups in total. The molecule has 0 aromatic carbocycles. The zero-order valence-electron chi connectivity index (χ0n) is 14.9. The highest BCUT2D eigenvalue weighted by molar-refractivity contribution is 6.10.